The first-order valence-corrected chi connectivity index (χ1v) is 9.57. The Kier molecular flexibility index (Phi) is 5.17. The van der Waals surface area contributed by atoms with Gasteiger partial charge in [0.05, 0.1) is 22.1 Å². The van der Waals surface area contributed by atoms with Crippen LogP contribution in [0.1, 0.15) is 40.3 Å². The molecule has 0 radical (unpaired) electrons. The minimum atomic E-state index is -0.310. The van der Waals surface area contributed by atoms with Crippen molar-refractivity contribution in [2.75, 3.05) is 10.7 Å². The summed E-state index contributed by atoms with van der Waals surface area (Å²) in [7, 11) is 0. The second-order valence-corrected chi connectivity index (χ2v) is 7.09. The maximum Gasteiger partial charge on any atom is 0.291 e. The number of para-hydroxylation sites is 2. The lowest BCUT2D eigenvalue weighted by Crippen LogP contribution is -2.14. The van der Waals surface area contributed by atoms with Crippen LogP contribution >= 0.6 is 11.6 Å². The molecule has 142 valence electrons. The number of halogens is 1. The van der Waals surface area contributed by atoms with Gasteiger partial charge in [-0.25, -0.2) is 0 Å². The molecule has 5 nitrogen and oxygen atoms in total. The molecule has 0 saturated carbocycles. The van der Waals surface area contributed by atoms with Gasteiger partial charge in [-0.1, -0.05) is 41.9 Å². The fourth-order valence-electron chi connectivity index (χ4n) is 3.38. The summed E-state index contributed by atoms with van der Waals surface area (Å²) in [6, 6.07) is 16.9. The first-order valence-electron chi connectivity index (χ1n) is 9.19. The van der Waals surface area contributed by atoms with E-state index >= 15 is 0 Å². The fraction of sp³-hybridized carbons (Fsp3) is 0.182. The number of nitrogens with one attached hydrogen (secondary N) is 2. The Hall–Kier alpha value is -3.05. The van der Waals surface area contributed by atoms with Gasteiger partial charge in [-0.05, 0) is 44.0 Å². The van der Waals surface area contributed by atoms with Gasteiger partial charge in [0.25, 0.3) is 5.91 Å². The van der Waals surface area contributed by atoms with Crippen molar-refractivity contribution in [3.63, 3.8) is 0 Å². The van der Waals surface area contributed by atoms with Crippen LogP contribution in [0.3, 0.4) is 0 Å². The van der Waals surface area contributed by atoms with Crippen LogP contribution in [0, 0.1) is 6.92 Å². The van der Waals surface area contributed by atoms with Gasteiger partial charge in [-0.2, -0.15) is 5.10 Å². The predicted molar refractivity (Wildman–Crippen MR) is 112 cm³/mol. The van der Waals surface area contributed by atoms with Gasteiger partial charge in [0.1, 0.15) is 5.76 Å². The number of fused-ring (bicyclic) bond motifs is 1. The third-order valence-corrected chi connectivity index (χ3v) is 5.08. The lowest BCUT2D eigenvalue weighted by molar-refractivity contribution is 0.0994. The van der Waals surface area contributed by atoms with Crippen molar-refractivity contribution in [2.45, 2.75) is 26.2 Å². The van der Waals surface area contributed by atoms with Crippen LogP contribution in [-0.2, 0) is 6.42 Å². The van der Waals surface area contributed by atoms with Crippen molar-refractivity contribution in [1.82, 2.24) is 0 Å². The molecule has 1 aliphatic rings. The lowest BCUT2D eigenvalue weighted by Gasteiger charge is -2.13. The minimum absolute atomic E-state index is 0.305. The van der Waals surface area contributed by atoms with E-state index in [-0.39, 0.29) is 5.91 Å². The summed E-state index contributed by atoms with van der Waals surface area (Å²) in [5.41, 5.74) is 7.21. The van der Waals surface area contributed by atoms with Crippen LogP contribution in [0.25, 0.3) is 0 Å². The Labute approximate surface area is 168 Å². The molecule has 28 heavy (non-hydrogen) atoms. The van der Waals surface area contributed by atoms with Gasteiger partial charge in [-0.3, -0.25) is 10.2 Å². The maximum absolute atomic E-state index is 12.8. The number of anilines is 2. The topological polar surface area (TPSA) is 66.6 Å². The molecule has 0 spiro atoms. The van der Waals surface area contributed by atoms with Gasteiger partial charge in [-0.15, -0.1) is 0 Å². The molecule has 1 heterocycles. The summed E-state index contributed by atoms with van der Waals surface area (Å²) in [6.45, 7) is 1.90. The van der Waals surface area contributed by atoms with E-state index in [1.165, 1.54) is 0 Å². The summed E-state index contributed by atoms with van der Waals surface area (Å²) < 4.78 is 5.93. The quantitative estimate of drug-likeness (QED) is 0.563. The molecule has 1 amide bonds. The molecule has 1 aromatic heterocycles. The van der Waals surface area contributed by atoms with Gasteiger partial charge in [0, 0.05) is 17.5 Å². The van der Waals surface area contributed by atoms with Gasteiger partial charge in [0.15, 0.2) is 5.76 Å². The molecule has 1 aliphatic carbocycles. The monoisotopic (exact) mass is 393 g/mol. The van der Waals surface area contributed by atoms with Gasteiger partial charge < -0.3 is 9.73 Å². The second-order valence-electron chi connectivity index (χ2n) is 6.68. The highest BCUT2D eigenvalue weighted by Gasteiger charge is 2.28. The Bertz CT molecular complexity index is 1040. The van der Waals surface area contributed by atoms with Crippen LogP contribution in [0.2, 0.25) is 5.02 Å². The van der Waals surface area contributed by atoms with Crippen molar-refractivity contribution < 1.29 is 9.21 Å². The van der Waals surface area contributed by atoms with E-state index in [1.807, 2.05) is 49.4 Å². The molecule has 0 atom stereocenters. The van der Waals surface area contributed by atoms with E-state index in [1.54, 1.807) is 12.1 Å². The first kappa shape index (κ1) is 18.3. The highest BCUT2D eigenvalue weighted by Crippen LogP contribution is 2.31. The van der Waals surface area contributed by atoms with E-state index in [2.05, 4.69) is 15.8 Å². The SMILES string of the molecule is Cc1c(C(=O)Nc2ccccc2Cl)oc2c1/C(=N/Nc1ccccc1)CCC2. The fourth-order valence-corrected chi connectivity index (χ4v) is 3.57. The highest BCUT2D eigenvalue weighted by atomic mass is 35.5. The molecule has 0 aliphatic heterocycles. The summed E-state index contributed by atoms with van der Waals surface area (Å²) >= 11 is 6.15. The van der Waals surface area contributed by atoms with Crippen LogP contribution in [-0.4, -0.2) is 11.6 Å². The molecule has 0 saturated heterocycles. The van der Waals surface area contributed by atoms with Crippen molar-refractivity contribution in [3.05, 3.63) is 82.3 Å². The van der Waals surface area contributed by atoms with E-state index in [0.29, 0.717) is 16.5 Å². The zero-order valence-electron chi connectivity index (χ0n) is 15.5. The number of nitrogens with zero attached hydrogens (tertiary/aromatic N) is 1. The Morgan fingerprint density at radius 1 is 1.07 bits per heavy atom. The van der Waals surface area contributed by atoms with Crippen LogP contribution in [0.15, 0.2) is 64.1 Å². The molecule has 0 fully saturated rings. The van der Waals surface area contributed by atoms with E-state index in [4.69, 9.17) is 16.0 Å². The summed E-state index contributed by atoms with van der Waals surface area (Å²) in [5.74, 6) is 0.802. The van der Waals surface area contributed by atoms with E-state index in [0.717, 1.165) is 47.5 Å². The normalized spacial score (nSPS) is 14.6. The zero-order valence-corrected chi connectivity index (χ0v) is 16.2. The van der Waals surface area contributed by atoms with Crippen LogP contribution in [0.5, 0.6) is 0 Å². The average molecular weight is 394 g/mol. The average Bonchev–Trinajstić information content (AvgIpc) is 3.06. The Balaban J connectivity index is 1.61. The number of carbonyl (C=O) groups is 1. The first-order chi connectivity index (χ1) is 13.6. The number of aryl methyl sites for hydroxylation is 1. The number of amides is 1. The van der Waals surface area contributed by atoms with Crippen molar-refractivity contribution >= 4 is 34.6 Å². The maximum atomic E-state index is 12.8. The number of hydrogen-bond donors (Lipinski definition) is 2. The summed E-state index contributed by atoms with van der Waals surface area (Å²) in [6.07, 6.45) is 2.56. The molecular formula is C22H20ClN3O2. The Morgan fingerprint density at radius 2 is 1.82 bits per heavy atom. The molecule has 2 aromatic carbocycles. The molecular weight excluding hydrogens is 374 g/mol. The summed E-state index contributed by atoms with van der Waals surface area (Å²) in [5, 5.41) is 7.89. The number of rotatable bonds is 4. The number of furan rings is 1. The lowest BCUT2D eigenvalue weighted by atomic mass is 9.93. The van der Waals surface area contributed by atoms with Gasteiger partial charge in [0.2, 0.25) is 0 Å². The molecule has 4 rings (SSSR count). The predicted octanol–water partition coefficient (Wildman–Crippen LogP) is 5.65. The highest BCUT2D eigenvalue weighted by molar-refractivity contribution is 6.33. The smallest absolute Gasteiger partial charge is 0.291 e. The number of hydrogen-bond acceptors (Lipinski definition) is 4. The third kappa shape index (κ3) is 3.66. The van der Waals surface area contributed by atoms with E-state index < -0.39 is 0 Å². The molecule has 6 heteroatoms. The largest absolute Gasteiger partial charge is 0.455 e. The number of hydrazone groups is 1. The van der Waals surface area contributed by atoms with Crippen molar-refractivity contribution in [3.8, 4) is 0 Å². The van der Waals surface area contributed by atoms with Crippen molar-refractivity contribution in [2.24, 2.45) is 5.10 Å². The second kappa shape index (κ2) is 7.90. The van der Waals surface area contributed by atoms with Crippen LogP contribution in [0.4, 0.5) is 11.4 Å². The van der Waals surface area contributed by atoms with E-state index in [9.17, 15) is 4.79 Å². The molecule has 0 bridgehead atoms. The minimum Gasteiger partial charge on any atom is -0.455 e. The Morgan fingerprint density at radius 3 is 2.61 bits per heavy atom. The standard InChI is InChI=1S/C22H20ClN3O2/c1-14-20-18(26-25-15-8-3-2-4-9-15)12-7-13-19(20)28-21(14)22(27)24-17-11-6-5-10-16(17)23/h2-6,8-11,25H,7,12-13H2,1H3,(H,24,27)/b26-18+. The van der Waals surface area contributed by atoms with Crippen molar-refractivity contribution in [1.29, 1.82) is 0 Å². The zero-order chi connectivity index (χ0) is 19.5. The summed E-state index contributed by atoms with van der Waals surface area (Å²) in [4.78, 5) is 12.8. The molecule has 3 aromatic rings. The molecule has 2 N–H and O–H groups in total. The molecule has 0 unspecified atom stereocenters. The van der Waals surface area contributed by atoms with Crippen LogP contribution < -0.4 is 10.7 Å². The van der Waals surface area contributed by atoms with Gasteiger partial charge >= 0.3 is 0 Å². The third-order valence-electron chi connectivity index (χ3n) is 4.75. The number of benzene rings is 2. The number of carbonyl (C=O) groups excluding carboxylic acids is 1.